The van der Waals surface area contributed by atoms with Crippen molar-refractivity contribution in [2.45, 2.75) is 65.0 Å². The Morgan fingerprint density at radius 3 is 2.26 bits per heavy atom. The second-order valence-corrected chi connectivity index (χ2v) is 7.01. The van der Waals surface area contributed by atoms with E-state index in [2.05, 4.69) is 12.1 Å². The Kier molecular flexibility index (Phi) is 7.27. The maximum absolute atomic E-state index is 12.3. The number of carbonyl (C=O) groups excluding carboxylic acids is 2. The van der Waals surface area contributed by atoms with Gasteiger partial charge in [0.25, 0.3) is 0 Å². The van der Waals surface area contributed by atoms with Crippen LogP contribution in [0.25, 0.3) is 0 Å². The summed E-state index contributed by atoms with van der Waals surface area (Å²) in [5.74, 6) is 0.146. The molecule has 0 aliphatic carbocycles. The Hall–Kier alpha value is -1.84. The molecule has 0 bridgehead atoms. The molecule has 1 rings (SSSR count). The molecule has 1 aromatic carbocycles. The van der Waals surface area contributed by atoms with Crippen molar-refractivity contribution in [3.8, 4) is 0 Å². The summed E-state index contributed by atoms with van der Waals surface area (Å²) in [6.45, 7) is 7.15. The van der Waals surface area contributed by atoms with Crippen LogP contribution in [0.4, 0.5) is 4.79 Å². The highest BCUT2D eigenvalue weighted by Gasteiger charge is 2.25. The molecule has 0 saturated heterocycles. The van der Waals surface area contributed by atoms with Gasteiger partial charge in [-0.1, -0.05) is 30.3 Å². The lowest BCUT2D eigenvalue weighted by atomic mass is 10.00. The third-order valence-corrected chi connectivity index (χ3v) is 3.67. The summed E-state index contributed by atoms with van der Waals surface area (Å²) in [4.78, 5) is 25.2. The van der Waals surface area contributed by atoms with Gasteiger partial charge in [-0.15, -0.1) is 0 Å². The van der Waals surface area contributed by atoms with E-state index in [1.807, 2.05) is 39.0 Å². The third-order valence-electron chi connectivity index (χ3n) is 3.67. The van der Waals surface area contributed by atoms with Crippen LogP contribution >= 0.6 is 0 Å². The maximum atomic E-state index is 12.3. The van der Waals surface area contributed by atoms with Gasteiger partial charge >= 0.3 is 6.09 Å². The van der Waals surface area contributed by atoms with Crippen molar-refractivity contribution in [3.63, 3.8) is 0 Å². The third kappa shape index (κ3) is 7.82. The minimum Gasteiger partial charge on any atom is -0.444 e. The molecular formula is C19H29NO3. The van der Waals surface area contributed by atoms with E-state index in [4.69, 9.17) is 4.74 Å². The van der Waals surface area contributed by atoms with Crippen LogP contribution in [0.1, 0.15) is 52.5 Å². The zero-order valence-electron chi connectivity index (χ0n) is 15.0. The average molecular weight is 319 g/mol. The molecule has 0 spiro atoms. The van der Waals surface area contributed by atoms with Crippen molar-refractivity contribution >= 4 is 11.9 Å². The first-order valence-electron chi connectivity index (χ1n) is 8.18. The highest BCUT2D eigenvalue weighted by molar-refractivity contribution is 5.75. The van der Waals surface area contributed by atoms with E-state index in [1.165, 1.54) is 5.56 Å². The Morgan fingerprint density at radius 1 is 1.13 bits per heavy atom. The summed E-state index contributed by atoms with van der Waals surface area (Å²) in [7, 11) is 1.75. The Balaban J connectivity index is 2.70. The lowest BCUT2D eigenvalue weighted by Crippen LogP contribution is -2.41. The van der Waals surface area contributed by atoms with Gasteiger partial charge in [-0.25, -0.2) is 4.79 Å². The summed E-state index contributed by atoms with van der Waals surface area (Å²) < 4.78 is 5.44. The highest BCUT2D eigenvalue weighted by atomic mass is 16.6. The van der Waals surface area contributed by atoms with Crippen molar-refractivity contribution in [1.29, 1.82) is 0 Å². The molecule has 1 unspecified atom stereocenters. The molecule has 1 atom stereocenters. The van der Waals surface area contributed by atoms with Gasteiger partial charge in [0.2, 0.25) is 0 Å². The Labute approximate surface area is 139 Å². The topological polar surface area (TPSA) is 46.6 Å². The van der Waals surface area contributed by atoms with Gasteiger partial charge in [-0.05, 0) is 52.5 Å². The molecule has 1 aromatic rings. The lowest BCUT2D eigenvalue weighted by Gasteiger charge is -2.31. The maximum Gasteiger partial charge on any atom is 0.410 e. The second kappa shape index (κ2) is 8.70. The van der Waals surface area contributed by atoms with Crippen LogP contribution in [-0.4, -0.2) is 35.5 Å². The quantitative estimate of drug-likeness (QED) is 0.756. The van der Waals surface area contributed by atoms with E-state index in [-0.39, 0.29) is 17.9 Å². The summed E-state index contributed by atoms with van der Waals surface area (Å²) in [6, 6.07) is 10.2. The number of nitrogens with zero attached hydrogens (tertiary/aromatic N) is 1. The van der Waals surface area contributed by atoms with Crippen molar-refractivity contribution in [1.82, 2.24) is 4.90 Å². The molecule has 4 nitrogen and oxygen atoms in total. The molecule has 1 amide bonds. The first-order chi connectivity index (χ1) is 10.7. The summed E-state index contributed by atoms with van der Waals surface area (Å²) in [5.41, 5.74) is 0.716. The molecule has 0 radical (unpaired) electrons. The number of rotatable bonds is 7. The zero-order valence-corrected chi connectivity index (χ0v) is 15.0. The van der Waals surface area contributed by atoms with E-state index >= 15 is 0 Å². The standard InChI is InChI=1S/C19H29NO3/c1-15(21)11-13-17(14-12-16-9-7-6-8-10-16)20(5)18(22)23-19(2,3)4/h6-10,17H,11-14H2,1-5H3. The smallest absolute Gasteiger partial charge is 0.410 e. The Bertz CT molecular complexity index is 505. The summed E-state index contributed by atoms with van der Waals surface area (Å²) in [6.07, 6.45) is 2.49. The molecule has 128 valence electrons. The highest BCUT2D eigenvalue weighted by Crippen LogP contribution is 2.17. The fourth-order valence-corrected chi connectivity index (χ4v) is 2.36. The van der Waals surface area contributed by atoms with Gasteiger partial charge in [-0.3, -0.25) is 0 Å². The fraction of sp³-hybridized carbons (Fsp3) is 0.579. The number of hydrogen-bond acceptors (Lipinski definition) is 3. The monoisotopic (exact) mass is 319 g/mol. The number of benzene rings is 1. The largest absolute Gasteiger partial charge is 0.444 e. The van der Waals surface area contributed by atoms with Crippen LogP contribution in [0.3, 0.4) is 0 Å². The number of ketones is 1. The summed E-state index contributed by atoms with van der Waals surface area (Å²) >= 11 is 0. The van der Waals surface area contributed by atoms with Crippen molar-refractivity contribution in [2.75, 3.05) is 7.05 Å². The van der Waals surface area contributed by atoms with Crippen molar-refractivity contribution in [3.05, 3.63) is 35.9 Å². The van der Waals surface area contributed by atoms with Crippen molar-refractivity contribution < 1.29 is 14.3 Å². The molecule has 0 heterocycles. The molecule has 23 heavy (non-hydrogen) atoms. The first-order valence-corrected chi connectivity index (χ1v) is 8.18. The number of hydrogen-bond donors (Lipinski definition) is 0. The molecule has 0 aromatic heterocycles. The van der Waals surface area contributed by atoms with Crippen LogP contribution in [0.15, 0.2) is 30.3 Å². The molecule has 0 aliphatic heterocycles. The van der Waals surface area contributed by atoms with E-state index in [0.29, 0.717) is 12.8 Å². The van der Waals surface area contributed by atoms with E-state index in [9.17, 15) is 9.59 Å². The lowest BCUT2D eigenvalue weighted by molar-refractivity contribution is -0.117. The van der Waals surface area contributed by atoms with Gasteiger partial charge < -0.3 is 14.4 Å². The zero-order chi connectivity index (χ0) is 17.5. The van der Waals surface area contributed by atoms with Crippen LogP contribution in [-0.2, 0) is 16.0 Å². The molecular weight excluding hydrogens is 290 g/mol. The van der Waals surface area contributed by atoms with E-state index < -0.39 is 5.60 Å². The molecule has 4 heteroatoms. The van der Waals surface area contributed by atoms with Crippen LogP contribution < -0.4 is 0 Å². The molecule has 0 aliphatic rings. The van der Waals surface area contributed by atoms with Crippen LogP contribution in [0.5, 0.6) is 0 Å². The van der Waals surface area contributed by atoms with Crippen LogP contribution in [0, 0.1) is 0 Å². The summed E-state index contributed by atoms with van der Waals surface area (Å²) in [5, 5.41) is 0. The van der Waals surface area contributed by atoms with Gasteiger partial charge in [0.15, 0.2) is 0 Å². The number of aryl methyl sites for hydroxylation is 1. The molecule has 0 N–H and O–H groups in total. The average Bonchev–Trinajstić information content (AvgIpc) is 2.45. The number of ether oxygens (including phenoxy) is 1. The van der Waals surface area contributed by atoms with Crippen LogP contribution in [0.2, 0.25) is 0 Å². The molecule has 0 saturated carbocycles. The fourth-order valence-electron chi connectivity index (χ4n) is 2.36. The van der Waals surface area contributed by atoms with Gasteiger partial charge in [0, 0.05) is 19.5 Å². The number of amides is 1. The van der Waals surface area contributed by atoms with E-state index in [0.717, 1.165) is 12.8 Å². The van der Waals surface area contributed by atoms with E-state index in [1.54, 1.807) is 18.9 Å². The van der Waals surface area contributed by atoms with Gasteiger partial charge in [-0.2, -0.15) is 0 Å². The minimum atomic E-state index is -0.518. The van der Waals surface area contributed by atoms with Gasteiger partial charge in [0.05, 0.1) is 0 Å². The first kappa shape index (κ1) is 19.2. The normalized spacial score (nSPS) is 12.6. The SMILES string of the molecule is CC(=O)CCC(CCc1ccccc1)N(C)C(=O)OC(C)(C)C. The number of Topliss-reactive ketones (excluding diaryl/α,β-unsaturated/α-hetero) is 1. The Morgan fingerprint density at radius 2 is 1.74 bits per heavy atom. The van der Waals surface area contributed by atoms with Crippen molar-refractivity contribution in [2.24, 2.45) is 0 Å². The number of carbonyl (C=O) groups is 2. The predicted octanol–water partition coefficient (Wildman–Crippen LogP) is 4.22. The molecule has 0 fully saturated rings. The van der Waals surface area contributed by atoms with Gasteiger partial charge in [0.1, 0.15) is 11.4 Å². The second-order valence-electron chi connectivity index (χ2n) is 7.01. The predicted molar refractivity (Wildman–Crippen MR) is 92.5 cm³/mol. The minimum absolute atomic E-state index is 0.00560.